The van der Waals surface area contributed by atoms with E-state index in [0.29, 0.717) is 17.1 Å². The van der Waals surface area contributed by atoms with Crippen molar-refractivity contribution in [1.82, 2.24) is 15.1 Å². The molecule has 1 fully saturated rings. The van der Waals surface area contributed by atoms with E-state index in [1.807, 2.05) is 56.3 Å². The Kier molecular flexibility index (Phi) is 6.09. The second kappa shape index (κ2) is 8.94. The van der Waals surface area contributed by atoms with Gasteiger partial charge >= 0.3 is 0 Å². The van der Waals surface area contributed by atoms with Gasteiger partial charge in [-0.1, -0.05) is 43.6 Å². The van der Waals surface area contributed by atoms with Gasteiger partial charge in [0.15, 0.2) is 0 Å². The first-order chi connectivity index (χ1) is 14.9. The highest BCUT2D eigenvalue weighted by molar-refractivity contribution is 6.30. The van der Waals surface area contributed by atoms with Crippen LogP contribution in [0.2, 0.25) is 5.02 Å². The van der Waals surface area contributed by atoms with Gasteiger partial charge in [0.2, 0.25) is 5.91 Å². The number of nitrogens with zero attached hydrogens (tertiary/aromatic N) is 2. The van der Waals surface area contributed by atoms with Crippen LogP contribution in [0.4, 0.5) is 5.69 Å². The highest BCUT2D eigenvalue weighted by Gasteiger charge is 2.29. The normalized spacial score (nSPS) is 13.3. The molecule has 1 aliphatic carbocycles. The van der Waals surface area contributed by atoms with Crippen molar-refractivity contribution in [2.24, 2.45) is 5.92 Å². The van der Waals surface area contributed by atoms with Gasteiger partial charge in [0.1, 0.15) is 0 Å². The Morgan fingerprint density at radius 1 is 1.16 bits per heavy atom. The zero-order valence-corrected chi connectivity index (χ0v) is 18.3. The molecule has 1 aliphatic rings. The first-order valence-electron chi connectivity index (χ1n) is 10.4. The molecule has 160 valence electrons. The van der Waals surface area contributed by atoms with E-state index in [1.165, 1.54) is 0 Å². The predicted molar refractivity (Wildman–Crippen MR) is 122 cm³/mol. The number of hydrogen-bond donors (Lipinski definition) is 2. The molecule has 0 bridgehead atoms. The Hall–Kier alpha value is -3.12. The number of carbonyl (C=O) groups excluding carboxylic acids is 2. The van der Waals surface area contributed by atoms with Gasteiger partial charge < -0.3 is 10.6 Å². The molecule has 0 saturated heterocycles. The Bertz CT molecular complexity index is 1120. The number of hydrogen-bond acceptors (Lipinski definition) is 3. The van der Waals surface area contributed by atoms with Crippen LogP contribution in [0, 0.1) is 5.92 Å². The summed E-state index contributed by atoms with van der Waals surface area (Å²) in [6.07, 6.45) is 3.52. The largest absolute Gasteiger partial charge is 0.348 e. The van der Waals surface area contributed by atoms with E-state index in [4.69, 9.17) is 11.6 Å². The number of carbonyl (C=O) groups is 2. The minimum absolute atomic E-state index is 0.0659. The molecule has 31 heavy (non-hydrogen) atoms. The van der Waals surface area contributed by atoms with Crippen molar-refractivity contribution < 1.29 is 9.59 Å². The van der Waals surface area contributed by atoms with Crippen molar-refractivity contribution in [2.45, 2.75) is 39.2 Å². The quantitative estimate of drug-likeness (QED) is 0.551. The standard InChI is InChI=1S/C24H25ClN4O2/c1-15(2)22-21(14-27-29(22)20-8-4-6-18(25)12-20)24(31)26-13-16-5-3-7-19(11-16)28-23(30)17-9-10-17/h3-8,11-12,14-15,17H,9-10,13H2,1-2H3,(H,26,31)(H,28,30). The van der Waals surface area contributed by atoms with E-state index in [9.17, 15) is 9.59 Å². The van der Waals surface area contributed by atoms with Gasteiger partial charge in [-0.2, -0.15) is 5.10 Å². The number of rotatable bonds is 7. The average molecular weight is 437 g/mol. The summed E-state index contributed by atoms with van der Waals surface area (Å²) < 4.78 is 1.76. The molecule has 1 heterocycles. The number of anilines is 1. The predicted octanol–water partition coefficient (Wildman–Crippen LogP) is 4.93. The van der Waals surface area contributed by atoms with E-state index in [1.54, 1.807) is 16.9 Å². The van der Waals surface area contributed by atoms with Gasteiger partial charge in [0.25, 0.3) is 5.91 Å². The first-order valence-corrected chi connectivity index (χ1v) is 10.8. The lowest BCUT2D eigenvalue weighted by Gasteiger charge is -2.13. The van der Waals surface area contributed by atoms with Crippen LogP contribution in [-0.4, -0.2) is 21.6 Å². The van der Waals surface area contributed by atoms with Gasteiger partial charge in [-0.3, -0.25) is 9.59 Å². The Labute approximate surface area is 186 Å². The van der Waals surface area contributed by atoms with Crippen molar-refractivity contribution in [3.63, 3.8) is 0 Å². The lowest BCUT2D eigenvalue weighted by Crippen LogP contribution is -2.24. The van der Waals surface area contributed by atoms with E-state index < -0.39 is 0 Å². The molecule has 6 nitrogen and oxygen atoms in total. The fourth-order valence-electron chi connectivity index (χ4n) is 3.53. The van der Waals surface area contributed by atoms with Gasteiger partial charge in [0.05, 0.1) is 23.1 Å². The molecule has 0 unspecified atom stereocenters. The summed E-state index contributed by atoms with van der Waals surface area (Å²) in [5.74, 6) is 0.109. The van der Waals surface area contributed by atoms with Crippen LogP contribution in [0.25, 0.3) is 5.69 Å². The minimum Gasteiger partial charge on any atom is -0.348 e. The van der Waals surface area contributed by atoms with Crippen LogP contribution >= 0.6 is 11.6 Å². The SMILES string of the molecule is CC(C)c1c(C(=O)NCc2cccc(NC(=O)C3CC3)c2)cnn1-c1cccc(Cl)c1. The van der Waals surface area contributed by atoms with E-state index in [-0.39, 0.29) is 23.7 Å². The first kappa shape index (κ1) is 21.1. The van der Waals surface area contributed by atoms with E-state index in [2.05, 4.69) is 15.7 Å². The summed E-state index contributed by atoms with van der Waals surface area (Å²) >= 11 is 6.13. The van der Waals surface area contributed by atoms with E-state index in [0.717, 1.165) is 35.5 Å². The maximum absolute atomic E-state index is 13.0. The van der Waals surface area contributed by atoms with Crippen LogP contribution in [0.5, 0.6) is 0 Å². The molecule has 0 aliphatic heterocycles. The fourth-order valence-corrected chi connectivity index (χ4v) is 3.71. The molecule has 3 aromatic rings. The molecule has 7 heteroatoms. The van der Waals surface area contributed by atoms with Crippen LogP contribution in [0.3, 0.4) is 0 Å². The molecular formula is C24H25ClN4O2. The topological polar surface area (TPSA) is 76.0 Å². The monoisotopic (exact) mass is 436 g/mol. The zero-order chi connectivity index (χ0) is 22.0. The third kappa shape index (κ3) is 4.97. The Morgan fingerprint density at radius 2 is 1.94 bits per heavy atom. The molecule has 2 aromatic carbocycles. The van der Waals surface area contributed by atoms with Crippen LogP contribution in [0.1, 0.15) is 54.2 Å². The number of aromatic nitrogens is 2. The summed E-state index contributed by atoms with van der Waals surface area (Å²) in [5, 5.41) is 11.0. The molecule has 0 atom stereocenters. The molecule has 0 spiro atoms. The van der Waals surface area contributed by atoms with Crippen molar-refractivity contribution in [3.05, 3.63) is 76.6 Å². The number of amides is 2. The average Bonchev–Trinajstić information content (AvgIpc) is 3.50. The maximum atomic E-state index is 13.0. The molecule has 0 radical (unpaired) electrons. The van der Waals surface area contributed by atoms with E-state index >= 15 is 0 Å². The highest BCUT2D eigenvalue weighted by Crippen LogP contribution is 2.30. The minimum atomic E-state index is -0.190. The lowest BCUT2D eigenvalue weighted by molar-refractivity contribution is -0.117. The summed E-state index contributed by atoms with van der Waals surface area (Å²) in [5.41, 5.74) is 3.84. The second-order valence-corrected chi connectivity index (χ2v) is 8.57. The molecular weight excluding hydrogens is 412 g/mol. The molecule has 4 rings (SSSR count). The van der Waals surface area contributed by atoms with Crippen molar-refractivity contribution in [3.8, 4) is 5.69 Å². The summed E-state index contributed by atoms with van der Waals surface area (Å²) in [7, 11) is 0. The smallest absolute Gasteiger partial charge is 0.255 e. The number of halogens is 1. The summed E-state index contributed by atoms with van der Waals surface area (Å²) in [4.78, 5) is 24.9. The van der Waals surface area contributed by atoms with Crippen molar-refractivity contribution in [1.29, 1.82) is 0 Å². The third-order valence-electron chi connectivity index (χ3n) is 5.25. The molecule has 1 saturated carbocycles. The zero-order valence-electron chi connectivity index (χ0n) is 17.6. The number of benzene rings is 2. The van der Waals surface area contributed by atoms with Gasteiger partial charge in [-0.05, 0) is 54.7 Å². The van der Waals surface area contributed by atoms with Gasteiger partial charge in [-0.15, -0.1) is 0 Å². The lowest BCUT2D eigenvalue weighted by atomic mass is 10.0. The van der Waals surface area contributed by atoms with Crippen LogP contribution < -0.4 is 10.6 Å². The maximum Gasteiger partial charge on any atom is 0.255 e. The summed E-state index contributed by atoms with van der Waals surface area (Å²) in [6, 6.07) is 14.9. The van der Waals surface area contributed by atoms with Gasteiger partial charge in [0, 0.05) is 23.2 Å². The summed E-state index contributed by atoms with van der Waals surface area (Å²) in [6.45, 7) is 4.41. The van der Waals surface area contributed by atoms with Crippen molar-refractivity contribution >= 4 is 29.1 Å². The van der Waals surface area contributed by atoms with Crippen LogP contribution in [0.15, 0.2) is 54.7 Å². The molecule has 1 aromatic heterocycles. The molecule has 2 N–H and O–H groups in total. The molecule has 2 amide bonds. The highest BCUT2D eigenvalue weighted by atomic mass is 35.5. The third-order valence-corrected chi connectivity index (χ3v) is 5.48. The fraction of sp³-hybridized carbons (Fsp3) is 0.292. The Balaban J connectivity index is 1.48. The Morgan fingerprint density at radius 3 is 2.65 bits per heavy atom. The van der Waals surface area contributed by atoms with Crippen molar-refractivity contribution in [2.75, 3.05) is 5.32 Å². The van der Waals surface area contributed by atoms with Gasteiger partial charge in [-0.25, -0.2) is 4.68 Å². The van der Waals surface area contributed by atoms with Crippen LogP contribution in [-0.2, 0) is 11.3 Å². The number of nitrogens with one attached hydrogen (secondary N) is 2. The second-order valence-electron chi connectivity index (χ2n) is 8.14.